The third-order valence-electron chi connectivity index (χ3n) is 4.72. The molecule has 0 saturated heterocycles. The Morgan fingerprint density at radius 1 is 0.966 bits per heavy atom. The number of hydrogen-bond donors (Lipinski definition) is 1. The van der Waals surface area contributed by atoms with E-state index in [1.807, 2.05) is 12.1 Å². The van der Waals surface area contributed by atoms with Gasteiger partial charge in [-0.15, -0.1) is 0 Å². The summed E-state index contributed by atoms with van der Waals surface area (Å²) in [6, 6.07) is 15.2. The van der Waals surface area contributed by atoms with Gasteiger partial charge in [0, 0.05) is 12.2 Å². The highest BCUT2D eigenvalue weighted by Crippen LogP contribution is 2.33. The Labute approximate surface area is 166 Å². The zero-order valence-corrected chi connectivity index (χ0v) is 15.9. The Morgan fingerprint density at radius 3 is 2.45 bits per heavy atom. The fourth-order valence-corrected chi connectivity index (χ4v) is 4.79. The van der Waals surface area contributed by atoms with Crippen molar-refractivity contribution in [2.24, 2.45) is 0 Å². The lowest BCUT2D eigenvalue weighted by Crippen LogP contribution is -2.29. The number of hydrogen-bond acceptors (Lipinski definition) is 3. The molecule has 0 spiro atoms. The Hall–Kier alpha value is -3.26. The van der Waals surface area contributed by atoms with Crippen molar-refractivity contribution in [2.45, 2.75) is 11.3 Å². The smallest absolute Gasteiger partial charge is 0.264 e. The van der Waals surface area contributed by atoms with Gasteiger partial charge in [0.15, 0.2) is 0 Å². The van der Waals surface area contributed by atoms with E-state index in [1.165, 1.54) is 16.4 Å². The van der Waals surface area contributed by atoms with Crippen LogP contribution in [-0.2, 0) is 16.4 Å². The highest BCUT2D eigenvalue weighted by Gasteiger charge is 2.31. The third-order valence-corrected chi connectivity index (χ3v) is 6.53. The minimum atomic E-state index is -3.97. The molecule has 0 aromatic heterocycles. The monoisotopic (exact) mass is 414 g/mol. The molecule has 1 amide bonds. The van der Waals surface area contributed by atoms with E-state index in [9.17, 15) is 22.0 Å². The standard InChI is InChI=1S/C21H16F2N2O3S/c22-15-5-7-16(8-6-15)24-21(26)18-13-17(9-10-19(18)23)29(27,28)25-12-11-14-3-1-2-4-20(14)25/h1-10,13H,11-12H2,(H,24,26). The SMILES string of the molecule is O=C(Nc1ccc(F)cc1)c1cc(S(=O)(=O)N2CCc3ccccc32)ccc1F. The second kappa shape index (κ2) is 7.29. The van der Waals surface area contributed by atoms with E-state index in [0.717, 1.165) is 35.9 Å². The van der Waals surface area contributed by atoms with Crippen LogP contribution in [-0.4, -0.2) is 20.9 Å². The van der Waals surface area contributed by atoms with E-state index < -0.39 is 33.1 Å². The van der Waals surface area contributed by atoms with Crippen molar-refractivity contribution < 1.29 is 22.0 Å². The van der Waals surface area contributed by atoms with Crippen molar-refractivity contribution >= 4 is 27.3 Å². The van der Waals surface area contributed by atoms with Gasteiger partial charge >= 0.3 is 0 Å². The first kappa shape index (κ1) is 19.1. The average molecular weight is 414 g/mol. The average Bonchev–Trinajstić information content (AvgIpc) is 3.15. The van der Waals surface area contributed by atoms with Crippen LogP contribution in [0.15, 0.2) is 71.6 Å². The van der Waals surface area contributed by atoms with Gasteiger partial charge in [-0.2, -0.15) is 0 Å². The molecule has 0 fully saturated rings. The first-order valence-electron chi connectivity index (χ1n) is 8.83. The van der Waals surface area contributed by atoms with Gasteiger partial charge in [0.25, 0.3) is 15.9 Å². The number of sulfonamides is 1. The van der Waals surface area contributed by atoms with Gasteiger partial charge in [-0.1, -0.05) is 18.2 Å². The van der Waals surface area contributed by atoms with E-state index in [2.05, 4.69) is 5.32 Å². The van der Waals surface area contributed by atoms with Crippen LogP contribution in [0, 0.1) is 11.6 Å². The number of fused-ring (bicyclic) bond motifs is 1. The normalized spacial score (nSPS) is 13.2. The van der Waals surface area contributed by atoms with Crippen LogP contribution in [0.25, 0.3) is 0 Å². The van der Waals surface area contributed by atoms with Crippen LogP contribution in [0.2, 0.25) is 0 Å². The number of nitrogens with one attached hydrogen (secondary N) is 1. The first-order chi connectivity index (χ1) is 13.9. The van der Waals surface area contributed by atoms with Gasteiger partial charge in [0.2, 0.25) is 0 Å². The summed E-state index contributed by atoms with van der Waals surface area (Å²) in [5.41, 5.74) is 1.34. The Morgan fingerprint density at radius 2 is 1.69 bits per heavy atom. The van der Waals surface area contributed by atoms with Crippen LogP contribution < -0.4 is 9.62 Å². The lowest BCUT2D eigenvalue weighted by molar-refractivity contribution is 0.102. The predicted molar refractivity (Wildman–Crippen MR) is 105 cm³/mol. The molecule has 29 heavy (non-hydrogen) atoms. The third kappa shape index (κ3) is 3.58. The van der Waals surface area contributed by atoms with Crippen molar-refractivity contribution in [2.75, 3.05) is 16.2 Å². The summed E-state index contributed by atoms with van der Waals surface area (Å²) in [4.78, 5) is 12.3. The summed E-state index contributed by atoms with van der Waals surface area (Å²) in [6.45, 7) is 0.274. The van der Waals surface area contributed by atoms with Crippen molar-refractivity contribution in [1.82, 2.24) is 0 Å². The summed E-state index contributed by atoms with van der Waals surface area (Å²) < 4.78 is 54.7. The summed E-state index contributed by atoms with van der Waals surface area (Å²) in [5, 5.41) is 2.44. The summed E-state index contributed by atoms with van der Waals surface area (Å²) in [5.74, 6) is -2.16. The molecule has 0 atom stereocenters. The number of anilines is 2. The van der Waals surface area contributed by atoms with Crippen molar-refractivity contribution in [3.05, 3.63) is 89.5 Å². The highest BCUT2D eigenvalue weighted by molar-refractivity contribution is 7.92. The van der Waals surface area contributed by atoms with Crippen LogP contribution in [0.1, 0.15) is 15.9 Å². The first-order valence-corrected chi connectivity index (χ1v) is 10.3. The molecule has 1 aliphatic heterocycles. The van der Waals surface area contributed by atoms with Gasteiger partial charge in [-0.05, 0) is 60.5 Å². The fraction of sp³-hybridized carbons (Fsp3) is 0.0952. The second-order valence-corrected chi connectivity index (χ2v) is 8.42. The Bertz CT molecular complexity index is 1190. The van der Waals surface area contributed by atoms with Crippen LogP contribution in [0.5, 0.6) is 0 Å². The number of nitrogens with zero attached hydrogens (tertiary/aromatic N) is 1. The lowest BCUT2D eigenvalue weighted by atomic mass is 10.2. The fourth-order valence-electron chi connectivity index (χ4n) is 3.26. The van der Waals surface area contributed by atoms with Gasteiger partial charge < -0.3 is 5.32 Å². The molecule has 3 aromatic rings. The number of carbonyl (C=O) groups is 1. The molecule has 0 bridgehead atoms. The molecular weight excluding hydrogens is 398 g/mol. The summed E-state index contributed by atoms with van der Waals surface area (Å²) >= 11 is 0. The molecule has 1 aliphatic rings. The Kier molecular flexibility index (Phi) is 4.79. The largest absolute Gasteiger partial charge is 0.322 e. The molecule has 8 heteroatoms. The number of rotatable bonds is 4. The summed E-state index contributed by atoms with van der Waals surface area (Å²) in [7, 11) is -3.97. The number of carbonyl (C=O) groups excluding carboxylic acids is 1. The topological polar surface area (TPSA) is 66.5 Å². The van der Waals surface area contributed by atoms with Crippen LogP contribution >= 0.6 is 0 Å². The highest BCUT2D eigenvalue weighted by atomic mass is 32.2. The zero-order valence-electron chi connectivity index (χ0n) is 15.1. The number of halogens is 2. The Balaban J connectivity index is 1.66. The molecule has 5 nitrogen and oxygen atoms in total. The van der Waals surface area contributed by atoms with E-state index in [1.54, 1.807) is 12.1 Å². The minimum absolute atomic E-state index is 0.181. The van der Waals surface area contributed by atoms with Gasteiger partial charge in [-0.3, -0.25) is 9.10 Å². The van der Waals surface area contributed by atoms with Crippen molar-refractivity contribution in [1.29, 1.82) is 0 Å². The minimum Gasteiger partial charge on any atom is -0.322 e. The maximum Gasteiger partial charge on any atom is 0.264 e. The molecule has 1 N–H and O–H groups in total. The molecule has 4 rings (SSSR count). The van der Waals surface area contributed by atoms with Gasteiger partial charge in [0.05, 0.1) is 16.1 Å². The van der Waals surface area contributed by atoms with Gasteiger partial charge in [0.1, 0.15) is 11.6 Å². The van der Waals surface area contributed by atoms with Crippen molar-refractivity contribution in [3.63, 3.8) is 0 Å². The number of para-hydroxylation sites is 1. The molecule has 148 valence electrons. The molecule has 1 heterocycles. The predicted octanol–water partition coefficient (Wildman–Crippen LogP) is 3.97. The zero-order chi connectivity index (χ0) is 20.6. The van der Waals surface area contributed by atoms with E-state index in [-0.39, 0.29) is 17.1 Å². The molecule has 0 aliphatic carbocycles. The lowest BCUT2D eigenvalue weighted by Gasteiger charge is -2.20. The number of benzene rings is 3. The second-order valence-electron chi connectivity index (χ2n) is 6.56. The van der Waals surface area contributed by atoms with E-state index in [0.29, 0.717) is 12.1 Å². The molecule has 0 radical (unpaired) electrons. The van der Waals surface area contributed by atoms with Crippen molar-refractivity contribution in [3.8, 4) is 0 Å². The molecular formula is C21H16F2N2O3S. The number of amides is 1. The molecule has 0 unspecified atom stereocenters. The van der Waals surface area contributed by atoms with Gasteiger partial charge in [-0.25, -0.2) is 17.2 Å². The molecule has 0 saturated carbocycles. The summed E-state index contributed by atoms with van der Waals surface area (Å²) in [6.07, 6.45) is 0.578. The quantitative estimate of drug-likeness (QED) is 0.703. The van der Waals surface area contributed by atoms with Crippen LogP contribution in [0.4, 0.5) is 20.2 Å². The van der Waals surface area contributed by atoms with Crippen LogP contribution in [0.3, 0.4) is 0 Å². The van der Waals surface area contributed by atoms with E-state index >= 15 is 0 Å². The van der Waals surface area contributed by atoms with E-state index in [4.69, 9.17) is 0 Å². The maximum absolute atomic E-state index is 14.3. The molecule has 3 aromatic carbocycles. The maximum atomic E-state index is 14.3.